The first-order valence-electron chi connectivity index (χ1n) is 8.93. The zero-order valence-electron chi connectivity index (χ0n) is 13.8. The summed E-state index contributed by atoms with van der Waals surface area (Å²) >= 11 is 0. The van der Waals surface area contributed by atoms with Crippen LogP contribution in [0.1, 0.15) is 71.1 Å². The van der Waals surface area contributed by atoms with E-state index >= 15 is 0 Å². The molecule has 0 aromatic rings. The molecule has 3 atom stereocenters. The smallest absolute Gasteiger partial charge is 0.150 e. The van der Waals surface area contributed by atoms with E-state index < -0.39 is 9.84 Å². The molecule has 124 valence electrons. The standard InChI is InChI=1S/C17H33NO2S/c1-3-11-18-17(12-14-7-4-5-8-14)15-9-6-10-16(13-15)21(2,19)20/h14-18H,3-13H2,1-2H3. The molecular weight excluding hydrogens is 282 g/mol. The number of nitrogens with one attached hydrogen (secondary N) is 1. The Morgan fingerprint density at radius 2 is 1.81 bits per heavy atom. The maximum absolute atomic E-state index is 11.9. The normalized spacial score (nSPS) is 29.6. The first-order chi connectivity index (χ1) is 10.0. The third kappa shape index (κ3) is 5.24. The highest BCUT2D eigenvalue weighted by molar-refractivity contribution is 7.91. The van der Waals surface area contributed by atoms with Crippen LogP contribution in [-0.4, -0.2) is 32.5 Å². The van der Waals surface area contributed by atoms with Crippen molar-refractivity contribution in [1.29, 1.82) is 0 Å². The molecule has 0 heterocycles. The molecule has 2 rings (SSSR count). The summed E-state index contributed by atoms with van der Waals surface area (Å²) in [5.74, 6) is 1.43. The van der Waals surface area contributed by atoms with Gasteiger partial charge in [0.2, 0.25) is 0 Å². The van der Waals surface area contributed by atoms with E-state index in [1.54, 1.807) is 0 Å². The molecule has 0 aromatic carbocycles. The van der Waals surface area contributed by atoms with E-state index in [0.717, 1.165) is 38.1 Å². The van der Waals surface area contributed by atoms with Crippen molar-refractivity contribution in [1.82, 2.24) is 5.32 Å². The first-order valence-corrected chi connectivity index (χ1v) is 10.9. The molecule has 0 aromatic heterocycles. The fourth-order valence-electron chi connectivity index (χ4n) is 4.31. The Hall–Kier alpha value is -0.0900. The van der Waals surface area contributed by atoms with Crippen LogP contribution in [0.3, 0.4) is 0 Å². The number of rotatable bonds is 7. The Morgan fingerprint density at radius 3 is 2.43 bits per heavy atom. The lowest BCUT2D eigenvalue weighted by Gasteiger charge is -2.35. The van der Waals surface area contributed by atoms with Gasteiger partial charge in [0.15, 0.2) is 0 Å². The van der Waals surface area contributed by atoms with Gasteiger partial charge in [0, 0.05) is 12.3 Å². The Morgan fingerprint density at radius 1 is 1.10 bits per heavy atom. The van der Waals surface area contributed by atoms with Gasteiger partial charge in [0.05, 0.1) is 5.25 Å². The molecule has 1 N–H and O–H groups in total. The SMILES string of the molecule is CCCNC(CC1CCCC1)C1CCCC(S(C)(=O)=O)C1. The van der Waals surface area contributed by atoms with Crippen molar-refractivity contribution in [3.63, 3.8) is 0 Å². The molecule has 0 aliphatic heterocycles. The van der Waals surface area contributed by atoms with Gasteiger partial charge in [-0.05, 0) is 50.5 Å². The third-order valence-electron chi connectivity index (χ3n) is 5.56. The fraction of sp³-hybridized carbons (Fsp3) is 1.00. The quantitative estimate of drug-likeness (QED) is 0.781. The van der Waals surface area contributed by atoms with E-state index in [0.29, 0.717) is 12.0 Å². The Bertz CT molecular complexity index is 401. The van der Waals surface area contributed by atoms with Crippen LogP contribution in [0.5, 0.6) is 0 Å². The highest BCUT2D eigenvalue weighted by Gasteiger charge is 2.34. The van der Waals surface area contributed by atoms with Gasteiger partial charge in [-0.3, -0.25) is 0 Å². The zero-order valence-corrected chi connectivity index (χ0v) is 14.6. The second kappa shape index (κ2) is 7.96. The maximum Gasteiger partial charge on any atom is 0.150 e. The van der Waals surface area contributed by atoms with Crippen molar-refractivity contribution in [2.45, 2.75) is 82.4 Å². The van der Waals surface area contributed by atoms with Crippen LogP contribution in [0, 0.1) is 11.8 Å². The molecule has 3 nitrogen and oxygen atoms in total. The summed E-state index contributed by atoms with van der Waals surface area (Å²) in [6, 6.07) is 0.539. The molecule has 0 bridgehead atoms. The zero-order chi connectivity index (χ0) is 15.3. The minimum atomic E-state index is -2.87. The van der Waals surface area contributed by atoms with Gasteiger partial charge in [0.25, 0.3) is 0 Å². The van der Waals surface area contributed by atoms with Crippen LogP contribution in [0.25, 0.3) is 0 Å². The van der Waals surface area contributed by atoms with Gasteiger partial charge in [-0.2, -0.15) is 0 Å². The van der Waals surface area contributed by atoms with Crippen molar-refractivity contribution in [2.75, 3.05) is 12.8 Å². The Balaban J connectivity index is 1.97. The molecule has 0 amide bonds. The lowest BCUT2D eigenvalue weighted by molar-refractivity contribution is 0.235. The summed E-state index contributed by atoms with van der Waals surface area (Å²) in [5.41, 5.74) is 0. The first kappa shape index (κ1) is 17.3. The van der Waals surface area contributed by atoms with E-state index in [9.17, 15) is 8.42 Å². The average Bonchev–Trinajstić information content (AvgIpc) is 2.95. The van der Waals surface area contributed by atoms with Crippen LogP contribution >= 0.6 is 0 Å². The van der Waals surface area contributed by atoms with Crippen LogP contribution < -0.4 is 5.32 Å². The summed E-state index contributed by atoms with van der Waals surface area (Å²) in [6.07, 6.45) is 13.4. The second-order valence-electron chi connectivity index (χ2n) is 7.33. The van der Waals surface area contributed by atoms with Gasteiger partial charge >= 0.3 is 0 Å². The van der Waals surface area contributed by atoms with Crippen LogP contribution in [0.2, 0.25) is 0 Å². The van der Waals surface area contributed by atoms with Gasteiger partial charge in [-0.25, -0.2) is 8.42 Å². The monoisotopic (exact) mass is 315 g/mol. The van der Waals surface area contributed by atoms with Crippen molar-refractivity contribution >= 4 is 9.84 Å². The minimum absolute atomic E-state index is 0.0919. The molecular formula is C17H33NO2S. The topological polar surface area (TPSA) is 46.2 Å². The summed E-state index contributed by atoms with van der Waals surface area (Å²) in [4.78, 5) is 0. The van der Waals surface area contributed by atoms with E-state index in [1.165, 1.54) is 44.8 Å². The van der Waals surface area contributed by atoms with Gasteiger partial charge in [0.1, 0.15) is 9.84 Å². The molecule has 2 fully saturated rings. The van der Waals surface area contributed by atoms with E-state index in [2.05, 4.69) is 12.2 Å². The molecule has 2 aliphatic carbocycles. The van der Waals surface area contributed by atoms with Gasteiger partial charge in [-0.1, -0.05) is 39.0 Å². The van der Waals surface area contributed by atoms with Crippen LogP contribution in [-0.2, 0) is 9.84 Å². The molecule has 21 heavy (non-hydrogen) atoms. The molecule has 0 saturated heterocycles. The molecule has 0 radical (unpaired) electrons. The van der Waals surface area contributed by atoms with Crippen molar-refractivity contribution < 1.29 is 8.42 Å². The molecule has 2 saturated carbocycles. The average molecular weight is 316 g/mol. The Kier molecular flexibility index (Phi) is 6.54. The highest BCUT2D eigenvalue weighted by atomic mass is 32.2. The molecule has 4 heteroatoms. The number of hydrogen-bond acceptors (Lipinski definition) is 3. The van der Waals surface area contributed by atoms with Crippen molar-refractivity contribution in [3.8, 4) is 0 Å². The fourth-order valence-corrected chi connectivity index (χ4v) is 5.50. The largest absolute Gasteiger partial charge is 0.314 e. The predicted molar refractivity (Wildman–Crippen MR) is 89.2 cm³/mol. The van der Waals surface area contributed by atoms with Crippen LogP contribution in [0.4, 0.5) is 0 Å². The molecule has 2 aliphatic rings. The number of hydrogen-bond donors (Lipinski definition) is 1. The second-order valence-corrected chi connectivity index (χ2v) is 9.65. The Labute approximate surface area is 131 Å². The van der Waals surface area contributed by atoms with Crippen molar-refractivity contribution in [3.05, 3.63) is 0 Å². The lowest BCUT2D eigenvalue weighted by atomic mass is 9.80. The van der Waals surface area contributed by atoms with Gasteiger partial charge < -0.3 is 5.32 Å². The lowest BCUT2D eigenvalue weighted by Crippen LogP contribution is -2.42. The molecule has 3 unspecified atom stereocenters. The minimum Gasteiger partial charge on any atom is -0.314 e. The number of sulfone groups is 1. The summed E-state index contributed by atoms with van der Waals surface area (Å²) in [6.45, 7) is 3.28. The van der Waals surface area contributed by atoms with E-state index in [4.69, 9.17) is 0 Å². The summed E-state index contributed by atoms with van der Waals surface area (Å²) in [5, 5.41) is 3.65. The van der Waals surface area contributed by atoms with E-state index in [1.807, 2.05) is 0 Å². The summed E-state index contributed by atoms with van der Waals surface area (Å²) < 4.78 is 23.8. The third-order valence-corrected chi connectivity index (χ3v) is 7.20. The maximum atomic E-state index is 11.9. The predicted octanol–water partition coefficient (Wildman–Crippen LogP) is 3.54. The van der Waals surface area contributed by atoms with Crippen molar-refractivity contribution in [2.24, 2.45) is 11.8 Å². The van der Waals surface area contributed by atoms with E-state index in [-0.39, 0.29) is 5.25 Å². The molecule has 0 spiro atoms. The van der Waals surface area contributed by atoms with Gasteiger partial charge in [-0.15, -0.1) is 0 Å². The van der Waals surface area contributed by atoms with Crippen LogP contribution in [0.15, 0.2) is 0 Å². The summed E-state index contributed by atoms with van der Waals surface area (Å²) in [7, 11) is -2.87. The highest BCUT2D eigenvalue weighted by Crippen LogP contribution is 2.36.